The SMILES string of the molecule is Cc1cc(/C=C/c2cccs2)cc(C)c1OC(=O)CCC(=O)Oc1c(C)cc(/C=C/c2cccs2)cc1C. The zero-order valence-corrected chi connectivity index (χ0v) is 23.6. The first-order valence-corrected chi connectivity index (χ1v) is 14.1. The fraction of sp³-hybridized carbons (Fsp3) is 0.188. The summed E-state index contributed by atoms with van der Waals surface area (Å²) in [7, 11) is 0. The van der Waals surface area contributed by atoms with Crippen LogP contribution in [0.3, 0.4) is 0 Å². The van der Waals surface area contributed by atoms with E-state index in [1.54, 1.807) is 22.7 Å². The first-order chi connectivity index (χ1) is 18.3. The highest BCUT2D eigenvalue weighted by molar-refractivity contribution is 7.11. The van der Waals surface area contributed by atoms with Gasteiger partial charge in [-0.2, -0.15) is 0 Å². The molecule has 0 amide bonds. The summed E-state index contributed by atoms with van der Waals surface area (Å²) in [5, 5.41) is 4.08. The maximum Gasteiger partial charge on any atom is 0.311 e. The molecule has 0 N–H and O–H groups in total. The molecular formula is C32H30O4S2. The van der Waals surface area contributed by atoms with Crippen LogP contribution in [0.2, 0.25) is 0 Å². The molecule has 38 heavy (non-hydrogen) atoms. The fourth-order valence-corrected chi connectivity index (χ4v) is 5.38. The first-order valence-electron chi connectivity index (χ1n) is 12.4. The Morgan fingerprint density at radius 3 is 1.32 bits per heavy atom. The van der Waals surface area contributed by atoms with Gasteiger partial charge in [-0.15, -0.1) is 22.7 Å². The summed E-state index contributed by atoms with van der Waals surface area (Å²) in [5.41, 5.74) is 5.54. The van der Waals surface area contributed by atoms with Crippen molar-refractivity contribution in [3.63, 3.8) is 0 Å². The molecule has 0 aliphatic rings. The number of hydrogen-bond donors (Lipinski definition) is 0. The zero-order valence-electron chi connectivity index (χ0n) is 21.9. The molecule has 4 aromatic rings. The summed E-state index contributed by atoms with van der Waals surface area (Å²) >= 11 is 3.35. The smallest absolute Gasteiger partial charge is 0.311 e. The molecule has 0 spiro atoms. The van der Waals surface area contributed by atoms with Gasteiger partial charge in [-0.05, 0) is 120 Å². The van der Waals surface area contributed by atoms with Crippen molar-refractivity contribution < 1.29 is 19.1 Å². The van der Waals surface area contributed by atoms with Crippen LogP contribution in [-0.4, -0.2) is 11.9 Å². The molecule has 0 saturated carbocycles. The zero-order chi connectivity index (χ0) is 27.1. The lowest BCUT2D eigenvalue weighted by atomic mass is 10.0. The van der Waals surface area contributed by atoms with Crippen LogP contribution in [0.15, 0.2) is 59.3 Å². The molecule has 0 radical (unpaired) electrons. The first kappa shape index (κ1) is 27.3. The van der Waals surface area contributed by atoms with E-state index in [1.807, 2.05) is 87.0 Å². The normalized spacial score (nSPS) is 11.4. The third-order valence-electron chi connectivity index (χ3n) is 5.90. The molecule has 0 unspecified atom stereocenters. The lowest BCUT2D eigenvalue weighted by molar-refractivity contribution is -0.140. The summed E-state index contributed by atoms with van der Waals surface area (Å²) in [4.78, 5) is 27.4. The van der Waals surface area contributed by atoms with E-state index in [2.05, 4.69) is 24.3 Å². The van der Waals surface area contributed by atoms with Crippen LogP contribution in [0.1, 0.15) is 56.0 Å². The molecule has 6 heteroatoms. The number of rotatable bonds is 9. The molecule has 2 aromatic heterocycles. The average Bonchev–Trinajstić information content (AvgIpc) is 3.59. The van der Waals surface area contributed by atoms with Gasteiger partial charge in [-0.1, -0.05) is 24.3 Å². The van der Waals surface area contributed by atoms with Gasteiger partial charge < -0.3 is 9.47 Å². The topological polar surface area (TPSA) is 52.6 Å². The van der Waals surface area contributed by atoms with Gasteiger partial charge in [-0.3, -0.25) is 9.59 Å². The van der Waals surface area contributed by atoms with Crippen LogP contribution in [0.25, 0.3) is 24.3 Å². The largest absolute Gasteiger partial charge is 0.426 e. The number of benzene rings is 2. The standard InChI is InChI=1S/C32H30O4S2/c1-21-17-25(9-11-27-7-5-15-37-27)18-22(2)31(21)35-29(33)13-14-30(34)36-32-23(3)19-26(20-24(32)4)10-12-28-8-6-16-38-28/h5-12,15-20H,13-14H2,1-4H3/b11-9+,12-10+. The predicted molar refractivity (Wildman–Crippen MR) is 159 cm³/mol. The second-order valence-corrected chi connectivity index (χ2v) is 11.1. The van der Waals surface area contributed by atoms with Crippen molar-refractivity contribution in [2.24, 2.45) is 0 Å². The van der Waals surface area contributed by atoms with Crippen LogP contribution in [0, 0.1) is 27.7 Å². The highest BCUT2D eigenvalue weighted by Crippen LogP contribution is 2.28. The minimum Gasteiger partial charge on any atom is -0.426 e. The quantitative estimate of drug-likeness (QED) is 0.157. The van der Waals surface area contributed by atoms with Crippen molar-refractivity contribution in [3.05, 3.63) is 102 Å². The number of carbonyl (C=O) groups is 2. The van der Waals surface area contributed by atoms with E-state index in [0.717, 1.165) is 33.4 Å². The Hall–Kier alpha value is -3.74. The fourth-order valence-electron chi connectivity index (χ4n) is 4.14. The van der Waals surface area contributed by atoms with E-state index in [1.165, 1.54) is 9.75 Å². The van der Waals surface area contributed by atoms with Crippen molar-refractivity contribution in [1.82, 2.24) is 0 Å². The van der Waals surface area contributed by atoms with Gasteiger partial charge in [0.05, 0.1) is 12.8 Å². The third kappa shape index (κ3) is 7.40. The Bertz CT molecular complexity index is 1320. The van der Waals surface area contributed by atoms with Crippen LogP contribution in [-0.2, 0) is 9.59 Å². The van der Waals surface area contributed by atoms with Gasteiger partial charge in [-0.25, -0.2) is 0 Å². The van der Waals surface area contributed by atoms with Crippen molar-refractivity contribution in [3.8, 4) is 11.5 Å². The molecule has 4 nitrogen and oxygen atoms in total. The summed E-state index contributed by atoms with van der Waals surface area (Å²) < 4.78 is 11.3. The number of aryl methyl sites for hydroxylation is 4. The third-order valence-corrected chi connectivity index (χ3v) is 7.57. The Kier molecular flexibility index (Phi) is 9.10. The van der Waals surface area contributed by atoms with Crippen molar-refractivity contribution in [1.29, 1.82) is 0 Å². The number of thiophene rings is 2. The highest BCUT2D eigenvalue weighted by Gasteiger charge is 2.16. The number of carbonyl (C=O) groups excluding carboxylic acids is 2. The summed E-state index contributed by atoms with van der Waals surface area (Å²) in [6.45, 7) is 7.66. The minimum absolute atomic E-state index is 0.0581. The number of hydrogen-bond acceptors (Lipinski definition) is 6. The Morgan fingerprint density at radius 2 is 1.00 bits per heavy atom. The number of esters is 2. The monoisotopic (exact) mass is 542 g/mol. The molecular weight excluding hydrogens is 512 g/mol. The van der Waals surface area contributed by atoms with Gasteiger partial charge in [0.25, 0.3) is 0 Å². The molecule has 0 bridgehead atoms. The second-order valence-electron chi connectivity index (χ2n) is 9.11. The summed E-state index contributed by atoms with van der Waals surface area (Å²) in [6.07, 6.45) is 8.10. The predicted octanol–water partition coefficient (Wildman–Crippen LogP) is 8.68. The maximum atomic E-state index is 12.5. The molecule has 2 heterocycles. The van der Waals surface area contributed by atoms with E-state index < -0.39 is 11.9 Å². The second kappa shape index (κ2) is 12.7. The van der Waals surface area contributed by atoms with Gasteiger partial charge in [0.15, 0.2) is 0 Å². The molecule has 2 aromatic carbocycles. The molecule has 0 saturated heterocycles. The summed E-state index contributed by atoms with van der Waals surface area (Å²) in [6, 6.07) is 16.1. The van der Waals surface area contributed by atoms with Crippen LogP contribution in [0.5, 0.6) is 11.5 Å². The molecule has 0 aliphatic heterocycles. The Labute approximate surface area is 231 Å². The number of ether oxygens (including phenoxy) is 2. The lowest BCUT2D eigenvalue weighted by Crippen LogP contribution is -2.15. The Morgan fingerprint density at radius 1 is 0.632 bits per heavy atom. The molecule has 0 fully saturated rings. The molecule has 194 valence electrons. The molecule has 0 aliphatic carbocycles. The maximum absolute atomic E-state index is 12.5. The van der Waals surface area contributed by atoms with Gasteiger partial charge in [0.1, 0.15) is 11.5 Å². The molecule has 0 atom stereocenters. The van der Waals surface area contributed by atoms with E-state index >= 15 is 0 Å². The summed E-state index contributed by atoms with van der Waals surface area (Å²) in [5.74, 6) is 0.152. The van der Waals surface area contributed by atoms with E-state index in [0.29, 0.717) is 11.5 Å². The molecule has 4 rings (SSSR count). The Balaban J connectivity index is 1.32. The van der Waals surface area contributed by atoms with Gasteiger partial charge >= 0.3 is 11.9 Å². The van der Waals surface area contributed by atoms with E-state index in [4.69, 9.17) is 9.47 Å². The van der Waals surface area contributed by atoms with Crippen molar-refractivity contribution >= 4 is 58.9 Å². The van der Waals surface area contributed by atoms with Gasteiger partial charge in [0.2, 0.25) is 0 Å². The van der Waals surface area contributed by atoms with Crippen LogP contribution in [0.4, 0.5) is 0 Å². The lowest BCUT2D eigenvalue weighted by Gasteiger charge is -2.13. The minimum atomic E-state index is -0.461. The van der Waals surface area contributed by atoms with Crippen molar-refractivity contribution in [2.45, 2.75) is 40.5 Å². The van der Waals surface area contributed by atoms with Gasteiger partial charge in [0, 0.05) is 9.75 Å². The van der Waals surface area contributed by atoms with E-state index in [-0.39, 0.29) is 12.8 Å². The van der Waals surface area contributed by atoms with Crippen molar-refractivity contribution in [2.75, 3.05) is 0 Å². The average molecular weight is 543 g/mol. The van der Waals surface area contributed by atoms with Crippen LogP contribution >= 0.6 is 22.7 Å². The van der Waals surface area contributed by atoms with E-state index in [9.17, 15) is 9.59 Å². The van der Waals surface area contributed by atoms with Crippen LogP contribution < -0.4 is 9.47 Å². The highest BCUT2D eigenvalue weighted by atomic mass is 32.1.